The first kappa shape index (κ1) is 20.8. The number of esters is 1. The van der Waals surface area contributed by atoms with E-state index in [0.717, 1.165) is 43.5 Å². The summed E-state index contributed by atoms with van der Waals surface area (Å²) in [5, 5.41) is 7.32. The summed E-state index contributed by atoms with van der Waals surface area (Å²) in [7, 11) is 1.48. The first-order valence-electron chi connectivity index (χ1n) is 10.3. The minimum absolute atomic E-state index is 0.0539. The van der Waals surface area contributed by atoms with E-state index in [1.165, 1.54) is 29.4 Å². The zero-order valence-electron chi connectivity index (χ0n) is 17.6. The van der Waals surface area contributed by atoms with E-state index in [2.05, 4.69) is 58.7 Å². The van der Waals surface area contributed by atoms with Gasteiger partial charge in [-0.15, -0.1) is 0 Å². The largest absolute Gasteiger partial charge is 0.469 e. The Morgan fingerprint density at radius 1 is 0.966 bits per heavy atom. The zero-order valence-corrected chi connectivity index (χ0v) is 17.6. The third kappa shape index (κ3) is 5.57. The number of hydrogen-bond acceptors (Lipinski definition) is 3. The fourth-order valence-electron chi connectivity index (χ4n) is 3.90. The van der Waals surface area contributed by atoms with Gasteiger partial charge in [0.2, 0.25) is 0 Å². The summed E-state index contributed by atoms with van der Waals surface area (Å²) in [6.07, 6.45) is 4.51. The molecule has 0 saturated heterocycles. The molecule has 0 saturated carbocycles. The summed E-state index contributed by atoms with van der Waals surface area (Å²) in [6, 6.07) is 19.0. The number of aromatic amines is 1. The molecule has 0 aliphatic rings. The molecule has 0 radical (unpaired) electrons. The van der Waals surface area contributed by atoms with Crippen LogP contribution in [0.5, 0.6) is 0 Å². The predicted molar refractivity (Wildman–Crippen MR) is 117 cm³/mol. The lowest BCUT2D eigenvalue weighted by Gasteiger charge is -2.15. The number of carbonyl (C=O) groups is 1. The van der Waals surface area contributed by atoms with Crippen molar-refractivity contribution in [1.29, 1.82) is 0 Å². The molecule has 0 bridgehead atoms. The molecule has 3 rings (SSSR count). The molecule has 3 aromatic rings. The molecule has 0 fully saturated rings. The molecule has 0 aliphatic heterocycles. The fourth-order valence-corrected chi connectivity index (χ4v) is 3.90. The van der Waals surface area contributed by atoms with Crippen molar-refractivity contribution < 1.29 is 9.53 Å². The van der Waals surface area contributed by atoms with Crippen LogP contribution >= 0.6 is 0 Å². The van der Waals surface area contributed by atoms with Crippen molar-refractivity contribution in [3.8, 4) is 11.1 Å². The Morgan fingerprint density at radius 3 is 2.28 bits per heavy atom. The quantitative estimate of drug-likeness (QED) is 0.495. The maximum absolute atomic E-state index is 12.2. The van der Waals surface area contributed by atoms with Crippen LogP contribution in [0.15, 0.2) is 54.6 Å². The number of nitrogens with zero attached hydrogens (tertiary/aromatic N) is 1. The Bertz CT molecular complexity index is 894. The van der Waals surface area contributed by atoms with Gasteiger partial charge < -0.3 is 4.74 Å². The summed E-state index contributed by atoms with van der Waals surface area (Å²) in [6.45, 7) is 4.06. The van der Waals surface area contributed by atoms with Gasteiger partial charge in [-0.1, -0.05) is 54.6 Å². The van der Waals surface area contributed by atoms with Gasteiger partial charge >= 0.3 is 5.97 Å². The molecular weight excluding hydrogens is 360 g/mol. The normalized spacial score (nSPS) is 12.0. The van der Waals surface area contributed by atoms with Crippen LogP contribution in [0, 0.1) is 19.8 Å². The van der Waals surface area contributed by atoms with Crippen LogP contribution in [-0.2, 0) is 22.4 Å². The fraction of sp³-hybridized carbons (Fsp3) is 0.360. The van der Waals surface area contributed by atoms with Crippen molar-refractivity contribution in [2.45, 2.75) is 46.0 Å². The molecule has 1 unspecified atom stereocenters. The van der Waals surface area contributed by atoms with E-state index >= 15 is 0 Å². The van der Waals surface area contributed by atoms with E-state index in [-0.39, 0.29) is 11.9 Å². The molecule has 1 N–H and O–H groups in total. The van der Waals surface area contributed by atoms with Gasteiger partial charge in [0.05, 0.1) is 18.7 Å². The number of H-pyrrole nitrogens is 1. The Kier molecular flexibility index (Phi) is 7.23. The first-order valence-corrected chi connectivity index (χ1v) is 10.3. The highest BCUT2D eigenvalue weighted by Gasteiger charge is 2.19. The molecule has 2 aromatic carbocycles. The summed E-state index contributed by atoms with van der Waals surface area (Å²) in [5.74, 6) is -0.152. The Morgan fingerprint density at radius 2 is 1.66 bits per heavy atom. The third-order valence-corrected chi connectivity index (χ3v) is 5.55. The number of carbonyl (C=O) groups excluding carboxylic acids is 1. The summed E-state index contributed by atoms with van der Waals surface area (Å²) in [4.78, 5) is 12.2. The molecule has 29 heavy (non-hydrogen) atoms. The molecule has 1 heterocycles. The highest BCUT2D eigenvalue weighted by Crippen LogP contribution is 2.26. The summed E-state index contributed by atoms with van der Waals surface area (Å²) >= 11 is 0. The Hall–Kier alpha value is -2.88. The second kappa shape index (κ2) is 10.1. The van der Waals surface area contributed by atoms with Gasteiger partial charge in [-0.25, -0.2) is 0 Å². The van der Waals surface area contributed by atoms with Crippen LogP contribution < -0.4 is 0 Å². The van der Waals surface area contributed by atoms with Gasteiger partial charge in [0.15, 0.2) is 0 Å². The zero-order chi connectivity index (χ0) is 20.6. The minimum Gasteiger partial charge on any atom is -0.469 e. The molecule has 4 heteroatoms. The van der Waals surface area contributed by atoms with Crippen LogP contribution in [0.4, 0.5) is 0 Å². The number of nitrogens with one attached hydrogen (secondary N) is 1. The number of benzene rings is 2. The molecule has 0 aliphatic carbocycles. The lowest BCUT2D eigenvalue weighted by molar-refractivity contribution is -0.145. The monoisotopic (exact) mass is 390 g/mol. The van der Waals surface area contributed by atoms with Crippen LogP contribution in [0.2, 0.25) is 0 Å². The predicted octanol–water partition coefficient (Wildman–Crippen LogP) is 5.44. The Balaban J connectivity index is 1.57. The summed E-state index contributed by atoms with van der Waals surface area (Å²) in [5.41, 5.74) is 7.00. The number of aromatic nitrogens is 2. The van der Waals surface area contributed by atoms with E-state index in [9.17, 15) is 4.79 Å². The topological polar surface area (TPSA) is 55.0 Å². The SMILES string of the molecule is COC(=O)C(CCCc1ccccc1)CCc1ccc(-c2c(C)n[nH]c2C)cc1. The molecule has 0 spiro atoms. The highest BCUT2D eigenvalue weighted by molar-refractivity contribution is 5.72. The van der Waals surface area contributed by atoms with Gasteiger partial charge in [0.25, 0.3) is 0 Å². The van der Waals surface area contributed by atoms with Crippen molar-refractivity contribution in [2.24, 2.45) is 5.92 Å². The van der Waals surface area contributed by atoms with Gasteiger partial charge in [0, 0.05) is 11.3 Å². The third-order valence-electron chi connectivity index (χ3n) is 5.55. The van der Waals surface area contributed by atoms with Crippen molar-refractivity contribution in [3.05, 3.63) is 77.1 Å². The van der Waals surface area contributed by atoms with Crippen LogP contribution in [0.25, 0.3) is 11.1 Å². The highest BCUT2D eigenvalue weighted by atomic mass is 16.5. The Labute approximate surface area is 173 Å². The van der Waals surface area contributed by atoms with E-state index < -0.39 is 0 Å². The number of aryl methyl sites for hydroxylation is 4. The molecule has 0 amide bonds. The van der Waals surface area contributed by atoms with Crippen molar-refractivity contribution in [1.82, 2.24) is 10.2 Å². The molecule has 1 aromatic heterocycles. The number of methoxy groups -OCH3 is 1. The van der Waals surface area contributed by atoms with E-state index in [4.69, 9.17) is 4.74 Å². The number of hydrogen-bond donors (Lipinski definition) is 1. The minimum atomic E-state index is -0.0978. The molecule has 152 valence electrons. The van der Waals surface area contributed by atoms with Crippen LogP contribution in [0.3, 0.4) is 0 Å². The van der Waals surface area contributed by atoms with E-state index in [1.54, 1.807) is 0 Å². The second-order valence-corrected chi connectivity index (χ2v) is 7.64. The van der Waals surface area contributed by atoms with Gasteiger partial charge in [-0.05, 0) is 62.6 Å². The average Bonchev–Trinajstić information content (AvgIpc) is 3.09. The molecule has 1 atom stereocenters. The van der Waals surface area contributed by atoms with Crippen LogP contribution in [-0.4, -0.2) is 23.3 Å². The number of rotatable bonds is 9. The van der Waals surface area contributed by atoms with Crippen molar-refractivity contribution in [2.75, 3.05) is 7.11 Å². The van der Waals surface area contributed by atoms with E-state index in [1.807, 2.05) is 19.9 Å². The maximum Gasteiger partial charge on any atom is 0.308 e. The number of ether oxygens (including phenoxy) is 1. The second-order valence-electron chi connectivity index (χ2n) is 7.64. The van der Waals surface area contributed by atoms with Crippen molar-refractivity contribution in [3.63, 3.8) is 0 Å². The maximum atomic E-state index is 12.2. The van der Waals surface area contributed by atoms with Crippen molar-refractivity contribution >= 4 is 5.97 Å². The molecule has 4 nitrogen and oxygen atoms in total. The lowest BCUT2D eigenvalue weighted by atomic mass is 9.92. The standard InChI is InChI=1S/C25H30N2O2/c1-18-24(19(2)27-26-18)22-15-12-21(13-16-22)14-17-23(25(28)29-3)11-7-10-20-8-5-4-6-9-20/h4-6,8-9,12-13,15-16,23H,7,10-11,14,17H2,1-3H3,(H,26,27). The summed E-state index contributed by atoms with van der Waals surface area (Å²) < 4.78 is 5.05. The van der Waals surface area contributed by atoms with Gasteiger partial charge in [0.1, 0.15) is 0 Å². The smallest absolute Gasteiger partial charge is 0.308 e. The van der Waals surface area contributed by atoms with Gasteiger partial charge in [-0.3, -0.25) is 9.89 Å². The molecular formula is C25H30N2O2. The first-order chi connectivity index (χ1) is 14.1. The van der Waals surface area contributed by atoms with Crippen LogP contribution in [0.1, 0.15) is 41.8 Å². The van der Waals surface area contributed by atoms with E-state index in [0.29, 0.717) is 0 Å². The van der Waals surface area contributed by atoms with Gasteiger partial charge in [-0.2, -0.15) is 5.10 Å². The lowest BCUT2D eigenvalue weighted by Crippen LogP contribution is -2.17. The average molecular weight is 391 g/mol.